The van der Waals surface area contributed by atoms with E-state index >= 15 is 0 Å². The van der Waals surface area contributed by atoms with E-state index in [2.05, 4.69) is 63.3 Å². The molecule has 1 amide bonds. The van der Waals surface area contributed by atoms with Gasteiger partial charge in [-0.25, -0.2) is 8.10 Å². The molecule has 36 heavy (non-hydrogen) atoms. The first-order chi connectivity index (χ1) is 17.4. The zero-order valence-electron chi connectivity index (χ0n) is 19.0. The predicted octanol–water partition coefficient (Wildman–Crippen LogP) is 4.72. The molecule has 0 atom stereocenters. The topological polar surface area (TPSA) is 122 Å². The number of hydrogen-bond acceptors (Lipinski definition) is 8. The Morgan fingerprint density at radius 3 is 2.72 bits per heavy atom. The number of anilines is 4. The molecule has 2 aromatic carbocycles. The van der Waals surface area contributed by atoms with E-state index in [-0.39, 0.29) is 11.7 Å². The van der Waals surface area contributed by atoms with E-state index in [4.69, 9.17) is 16.6 Å². The zero-order chi connectivity index (χ0) is 25.2. The van der Waals surface area contributed by atoms with Crippen molar-refractivity contribution in [3.8, 4) is 17.0 Å². The van der Waals surface area contributed by atoms with Gasteiger partial charge in [0.05, 0.1) is 16.8 Å². The Labute approximate surface area is 225 Å². The number of piperazine rings is 1. The van der Waals surface area contributed by atoms with Crippen LogP contribution in [-0.4, -0.2) is 60.5 Å². The van der Waals surface area contributed by atoms with Crippen LogP contribution in [0, 0.1) is 0 Å². The number of rotatable bonds is 6. The highest BCUT2D eigenvalue weighted by atomic mass is 127. The van der Waals surface area contributed by atoms with Gasteiger partial charge in [0.15, 0.2) is 5.65 Å². The van der Waals surface area contributed by atoms with E-state index in [1.165, 1.54) is 6.08 Å². The standard InChI is InChI=1S/C24H22ClIN8O2/c1-2-19(36)27-15-5-3-4-14(12-15)21-20-22(25)31-32-23(20)30-24(29-21)28-16-6-7-18(35)17(13-16)33-8-10-34(26)11-9-33/h2-7,12-13,35H,1,8-11H2,(H,27,36)(H2,28,29,30,31,32). The number of phenolic OH excluding ortho intramolecular Hbond substituents is 1. The molecule has 4 N–H and O–H groups in total. The molecule has 10 nitrogen and oxygen atoms in total. The molecule has 0 aliphatic carbocycles. The fourth-order valence-electron chi connectivity index (χ4n) is 4.00. The van der Waals surface area contributed by atoms with Crippen LogP contribution < -0.4 is 15.5 Å². The maximum atomic E-state index is 11.8. The summed E-state index contributed by atoms with van der Waals surface area (Å²) in [6, 6.07) is 12.5. The van der Waals surface area contributed by atoms with Gasteiger partial charge in [0.2, 0.25) is 11.9 Å². The highest BCUT2D eigenvalue weighted by molar-refractivity contribution is 14.1. The lowest BCUT2D eigenvalue weighted by Crippen LogP contribution is -2.42. The van der Waals surface area contributed by atoms with Crippen molar-refractivity contribution in [3.63, 3.8) is 0 Å². The molecule has 2 aromatic heterocycles. The van der Waals surface area contributed by atoms with Crippen molar-refractivity contribution in [1.29, 1.82) is 0 Å². The van der Waals surface area contributed by atoms with Gasteiger partial charge in [-0.3, -0.25) is 9.89 Å². The third-order valence-electron chi connectivity index (χ3n) is 5.76. The second kappa shape index (κ2) is 10.3. The molecule has 0 bridgehead atoms. The summed E-state index contributed by atoms with van der Waals surface area (Å²) in [5, 5.41) is 24.3. The fraction of sp³-hybridized carbons (Fsp3) is 0.167. The van der Waals surface area contributed by atoms with Crippen LogP contribution in [0.25, 0.3) is 22.3 Å². The van der Waals surface area contributed by atoms with Crippen LogP contribution in [0.2, 0.25) is 5.15 Å². The van der Waals surface area contributed by atoms with E-state index in [1.54, 1.807) is 24.3 Å². The largest absolute Gasteiger partial charge is 0.506 e. The molecule has 1 fully saturated rings. The number of carbonyl (C=O) groups excluding carboxylic acids is 1. The Hall–Kier alpha value is -3.42. The fourth-order valence-corrected chi connectivity index (χ4v) is 4.65. The number of phenols is 1. The molecular weight excluding hydrogens is 595 g/mol. The van der Waals surface area contributed by atoms with Crippen LogP contribution in [0.4, 0.5) is 23.0 Å². The molecule has 0 saturated carbocycles. The van der Waals surface area contributed by atoms with Crippen LogP contribution in [0.1, 0.15) is 0 Å². The Kier molecular flexibility index (Phi) is 6.94. The molecule has 0 spiro atoms. The normalized spacial score (nSPS) is 14.1. The Bertz CT molecular complexity index is 1450. The Morgan fingerprint density at radius 1 is 1.14 bits per heavy atom. The van der Waals surface area contributed by atoms with Crippen LogP contribution >= 0.6 is 34.5 Å². The van der Waals surface area contributed by atoms with Crippen LogP contribution in [0.3, 0.4) is 0 Å². The third-order valence-corrected chi connectivity index (χ3v) is 6.99. The SMILES string of the molecule is C=CC(=O)Nc1cccc(-c2nc(Nc3ccc(O)c(N4CCN(I)CC4)c3)nc3n[nH]c(Cl)c23)c1. The van der Waals surface area contributed by atoms with E-state index < -0.39 is 0 Å². The van der Waals surface area contributed by atoms with Crippen LogP contribution in [-0.2, 0) is 4.79 Å². The van der Waals surface area contributed by atoms with E-state index in [0.717, 1.165) is 43.1 Å². The van der Waals surface area contributed by atoms with Crippen molar-refractivity contribution in [2.24, 2.45) is 0 Å². The molecule has 1 aliphatic rings. The van der Waals surface area contributed by atoms with Gasteiger partial charge in [-0.15, -0.1) is 0 Å². The van der Waals surface area contributed by atoms with Gasteiger partial charge >= 0.3 is 0 Å². The number of nitrogens with zero attached hydrogens (tertiary/aromatic N) is 5. The summed E-state index contributed by atoms with van der Waals surface area (Å²) in [4.78, 5) is 23.2. The summed E-state index contributed by atoms with van der Waals surface area (Å²) >= 11 is 8.70. The molecule has 184 valence electrons. The second-order valence-corrected chi connectivity index (χ2v) is 9.87. The van der Waals surface area contributed by atoms with Gasteiger partial charge in [0.1, 0.15) is 10.9 Å². The van der Waals surface area contributed by atoms with Gasteiger partial charge in [-0.2, -0.15) is 10.1 Å². The van der Waals surface area contributed by atoms with Crippen molar-refractivity contribution in [1.82, 2.24) is 23.3 Å². The maximum absolute atomic E-state index is 11.8. The quantitative estimate of drug-likeness (QED) is 0.106. The molecule has 1 saturated heterocycles. The van der Waals surface area contributed by atoms with Gasteiger partial charge in [-0.05, 0) is 36.4 Å². The van der Waals surface area contributed by atoms with Gasteiger partial charge < -0.3 is 20.6 Å². The number of carbonyl (C=O) groups is 1. The molecule has 4 aromatic rings. The lowest BCUT2D eigenvalue weighted by Gasteiger charge is -2.33. The van der Waals surface area contributed by atoms with Crippen molar-refractivity contribution < 1.29 is 9.90 Å². The van der Waals surface area contributed by atoms with Crippen LogP contribution in [0.15, 0.2) is 55.1 Å². The summed E-state index contributed by atoms with van der Waals surface area (Å²) in [7, 11) is 0. The number of amides is 1. The number of H-pyrrole nitrogens is 1. The van der Waals surface area contributed by atoms with E-state index in [9.17, 15) is 9.90 Å². The zero-order valence-corrected chi connectivity index (χ0v) is 21.9. The average Bonchev–Trinajstić information content (AvgIpc) is 3.26. The van der Waals surface area contributed by atoms with Crippen molar-refractivity contribution in [2.45, 2.75) is 0 Å². The van der Waals surface area contributed by atoms with Crippen molar-refractivity contribution in [2.75, 3.05) is 41.7 Å². The predicted molar refractivity (Wildman–Crippen MR) is 150 cm³/mol. The molecular formula is C24H22ClIN8O2. The van der Waals surface area contributed by atoms with Crippen molar-refractivity contribution in [3.05, 3.63) is 60.3 Å². The smallest absolute Gasteiger partial charge is 0.247 e. The molecule has 1 aliphatic heterocycles. The summed E-state index contributed by atoms with van der Waals surface area (Å²) in [5.41, 5.74) is 3.72. The van der Waals surface area contributed by atoms with E-state index in [1.807, 2.05) is 18.2 Å². The minimum absolute atomic E-state index is 0.219. The first-order valence-electron chi connectivity index (χ1n) is 11.1. The number of aromatic amines is 1. The van der Waals surface area contributed by atoms with Crippen molar-refractivity contribution >= 4 is 74.4 Å². The summed E-state index contributed by atoms with van der Waals surface area (Å²) in [5.74, 6) is 0.221. The number of halogens is 2. The third kappa shape index (κ3) is 5.08. The molecule has 5 rings (SSSR count). The monoisotopic (exact) mass is 616 g/mol. The molecule has 3 heterocycles. The second-order valence-electron chi connectivity index (χ2n) is 8.13. The first kappa shape index (κ1) is 24.3. The number of aromatic nitrogens is 4. The van der Waals surface area contributed by atoms with E-state index in [0.29, 0.717) is 33.5 Å². The Balaban J connectivity index is 1.50. The maximum Gasteiger partial charge on any atom is 0.247 e. The minimum atomic E-state index is -0.313. The Morgan fingerprint density at radius 2 is 1.94 bits per heavy atom. The molecule has 12 heteroatoms. The lowest BCUT2D eigenvalue weighted by molar-refractivity contribution is -0.111. The summed E-state index contributed by atoms with van der Waals surface area (Å²) < 4.78 is 2.23. The highest BCUT2D eigenvalue weighted by Gasteiger charge is 2.20. The van der Waals surface area contributed by atoms with Crippen LogP contribution in [0.5, 0.6) is 5.75 Å². The number of hydrogen-bond donors (Lipinski definition) is 4. The number of benzene rings is 2. The molecule has 0 unspecified atom stereocenters. The summed E-state index contributed by atoms with van der Waals surface area (Å²) in [6.45, 7) is 6.94. The number of nitrogens with one attached hydrogen (secondary N) is 3. The summed E-state index contributed by atoms with van der Waals surface area (Å²) in [6.07, 6.45) is 1.21. The van der Waals surface area contributed by atoms with Gasteiger partial charge in [-0.1, -0.05) is 30.3 Å². The minimum Gasteiger partial charge on any atom is -0.506 e. The first-order valence-corrected chi connectivity index (χ1v) is 12.5. The molecule has 0 radical (unpaired) electrons. The average molecular weight is 617 g/mol. The van der Waals surface area contributed by atoms with Gasteiger partial charge in [0.25, 0.3) is 0 Å². The lowest BCUT2D eigenvalue weighted by atomic mass is 10.1. The van der Waals surface area contributed by atoms with Gasteiger partial charge in [0, 0.05) is 66.0 Å². The number of aromatic hydroxyl groups is 1. The number of fused-ring (bicyclic) bond motifs is 1. The highest BCUT2D eigenvalue weighted by Crippen LogP contribution is 2.35.